The molecule has 0 saturated heterocycles. The van der Waals surface area contributed by atoms with Gasteiger partial charge >= 0.3 is 0 Å². The number of hydrogen-bond acceptors (Lipinski definition) is 4. The van der Waals surface area contributed by atoms with E-state index < -0.39 is 0 Å². The minimum Gasteiger partial charge on any atom is -0.287 e. The number of para-hydroxylation sites is 1. The van der Waals surface area contributed by atoms with E-state index in [1.54, 1.807) is 54.6 Å². The Labute approximate surface area is 172 Å². The molecule has 3 aromatic rings. The lowest BCUT2D eigenvalue weighted by molar-refractivity contribution is -0.112. The lowest BCUT2D eigenvalue weighted by atomic mass is 9.98. The van der Waals surface area contributed by atoms with Gasteiger partial charge in [-0.15, -0.1) is 0 Å². The van der Waals surface area contributed by atoms with Crippen LogP contribution in [0.2, 0.25) is 5.02 Å². The second-order valence-electron chi connectivity index (χ2n) is 6.08. The molecule has 1 aromatic heterocycles. The Bertz CT molecular complexity index is 1110. The van der Waals surface area contributed by atoms with E-state index in [4.69, 9.17) is 23.8 Å². The Kier molecular flexibility index (Phi) is 4.86. The van der Waals surface area contributed by atoms with Crippen LogP contribution in [0.15, 0.2) is 84.6 Å². The molecule has 1 amide bonds. The number of amides is 1. The quantitative estimate of drug-likeness (QED) is 0.465. The van der Waals surface area contributed by atoms with Crippen LogP contribution in [0.4, 0.5) is 5.69 Å². The van der Waals surface area contributed by atoms with Gasteiger partial charge in [0.05, 0.1) is 16.8 Å². The van der Waals surface area contributed by atoms with E-state index in [1.807, 2.05) is 18.2 Å². The molecule has 136 valence electrons. The molecule has 4 nitrogen and oxygen atoms in total. The number of benzene rings is 2. The molecular weight excluding hydrogens is 392 g/mol. The zero-order valence-electron chi connectivity index (χ0n) is 14.5. The Morgan fingerprint density at radius 1 is 0.929 bits per heavy atom. The summed E-state index contributed by atoms with van der Waals surface area (Å²) in [7, 11) is 0. The largest absolute Gasteiger partial charge is 0.287 e. The van der Waals surface area contributed by atoms with Gasteiger partial charge in [0.25, 0.3) is 5.91 Å². The minimum absolute atomic E-state index is 0.164. The SMILES string of the molecule is O=C(C1=C(c2ccc(Cl)cc2)C(=O)N(c2ccccc2)C1=S)c1ccccn1. The minimum atomic E-state index is -0.387. The second-order valence-corrected chi connectivity index (χ2v) is 6.91. The monoisotopic (exact) mass is 404 g/mol. The Hall–Kier alpha value is -3.15. The lowest BCUT2D eigenvalue weighted by Gasteiger charge is -2.17. The first-order valence-electron chi connectivity index (χ1n) is 8.47. The molecule has 0 saturated carbocycles. The van der Waals surface area contributed by atoms with E-state index in [0.29, 0.717) is 16.3 Å². The van der Waals surface area contributed by atoms with Gasteiger partial charge in [0.1, 0.15) is 10.7 Å². The van der Waals surface area contributed by atoms with Crippen molar-refractivity contribution in [2.45, 2.75) is 0 Å². The number of anilines is 1. The van der Waals surface area contributed by atoms with Gasteiger partial charge in [-0.05, 0) is 42.0 Å². The summed E-state index contributed by atoms with van der Waals surface area (Å²) in [5, 5.41) is 0.537. The molecule has 0 unspecified atom stereocenters. The highest BCUT2D eigenvalue weighted by Gasteiger charge is 2.40. The van der Waals surface area contributed by atoms with Crippen molar-refractivity contribution in [3.63, 3.8) is 0 Å². The smallest absolute Gasteiger partial charge is 0.264 e. The first kappa shape index (κ1) is 18.2. The normalized spacial score (nSPS) is 14.0. The van der Waals surface area contributed by atoms with Crippen molar-refractivity contribution in [2.75, 3.05) is 4.90 Å². The van der Waals surface area contributed by atoms with E-state index in [1.165, 1.54) is 11.1 Å². The van der Waals surface area contributed by atoms with E-state index in [2.05, 4.69) is 4.98 Å². The number of nitrogens with zero attached hydrogens (tertiary/aromatic N) is 2. The average molecular weight is 405 g/mol. The van der Waals surface area contributed by atoms with Gasteiger partial charge in [-0.3, -0.25) is 19.5 Å². The van der Waals surface area contributed by atoms with Gasteiger partial charge in [0.2, 0.25) is 5.78 Å². The second kappa shape index (κ2) is 7.46. The molecule has 0 aliphatic carbocycles. The number of aromatic nitrogens is 1. The lowest BCUT2D eigenvalue weighted by Crippen LogP contribution is -2.31. The number of hydrogen-bond donors (Lipinski definition) is 0. The van der Waals surface area contributed by atoms with Crippen molar-refractivity contribution in [3.05, 3.63) is 101 Å². The standard InChI is InChI=1S/C22H13ClN2O2S/c23-15-11-9-14(10-12-15)18-19(20(26)17-8-4-5-13-24-17)22(28)25(21(18)27)16-6-2-1-3-7-16/h1-13H. The first-order valence-corrected chi connectivity index (χ1v) is 9.26. The predicted molar refractivity (Wildman–Crippen MR) is 113 cm³/mol. The molecule has 1 aliphatic heterocycles. The van der Waals surface area contributed by atoms with Crippen molar-refractivity contribution in [1.29, 1.82) is 0 Å². The predicted octanol–water partition coefficient (Wildman–Crippen LogP) is 4.75. The summed E-state index contributed by atoms with van der Waals surface area (Å²) in [6, 6.07) is 20.8. The summed E-state index contributed by atoms with van der Waals surface area (Å²) in [5.74, 6) is -0.736. The third-order valence-corrected chi connectivity index (χ3v) is 4.99. The average Bonchev–Trinajstić information content (AvgIpc) is 2.99. The maximum Gasteiger partial charge on any atom is 0.264 e. The molecule has 0 spiro atoms. The summed E-state index contributed by atoms with van der Waals surface area (Å²) in [6.45, 7) is 0. The first-order chi connectivity index (χ1) is 13.6. The Balaban J connectivity index is 1.89. The van der Waals surface area contributed by atoms with E-state index >= 15 is 0 Å². The van der Waals surface area contributed by atoms with Crippen LogP contribution in [0.1, 0.15) is 16.1 Å². The maximum atomic E-state index is 13.3. The fourth-order valence-corrected chi connectivity index (χ4v) is 3.57. The Morgan fingerprint density at radius 2 is 1.61 bits per heavy atom. The number of halogens is 1. The number of carbonyl (C=O) groups excluding carboxylic acids is 2. The highest BCUT2D eigenvalue weighted by Crippen LogP contribution is 2.35. The number of ketones is 1. The van der Waals surface area contributed by atoms with Crippen molar-refractivity contribution in [2.24, 2.45) is 0 Å². The van der Waals surface area contributed by atoms with Gasteiger partial charge in [0.15, 0.2) is 0 Å². The van der Waals surface area contributed by atoms with E-state index in [9.17, 15) is 9.59 Å². The van der Waals surface area contributed by atoms with Gasteiger partial charge in [-0.2, -0.15) is 0 Å². The zero-order chi connectivity index (χ0) is 19.7. The zero-order valence-corrected chi connectivity index (χ0v) is 16.1. The van der Waals surface area contributed by atoms with Crippen molar-refractivity contribution in [1.82, 2.24) is 4.98 Å². The molecule has 1 aliphatic rings. The van der Waals surface area contributed by atoms with Crippen LogP contribution in [0.5, 0.6) is 0 Å². The summed E-state index contributed by atoms with van der Waals surface area (Å²) in [4.78, 5) is 32.2. The van der Waals surface area contributed by atoms with Gasteiger partial charge in [-0.1, -0.05) is 60.2 Å². The number of Topliss-reactive ketones (excluding diaryl/α,β-unsaturated/α-hetero) is 1. The highest BCUT2D eigenvalue weighted by molar-refractivity contribution is 7.81. The third kappa shape index (κ3) is 3.15. The van der Waals surface area contributed by atoms with Crippen LogP contribution in [0.25, 0.3) is 5.57 Å². The summed E-state index contributed by atoms with van der Waals surface area (Å²) in [6.07, 6.45) is 1.53. The molecular formula is C22H13ClN2O2S. The molecule has 2 aromatic carbocycles. The maximum absolute atomic E-state index is 13.3. The highest BCUT2D eigenvalue weighted by atomic mass is 35.5. The van der Waals surface area contributed by atoms with E-state index in [0.717, 1.165) is 0 Å². The number of carbonyl (C=O) groups is 2. The number of rotatable bonds is 4. The van der Waals surface area contributed by atoms with Crippen LogP contribution in [0, 0.1) is 0 Å². The third-order valence-electron chi connectivity index (χ3n) is 4.36. The fraction of sp³-hybridized carbons (Fsp3) is 0. The number of thiocarbonyl (C=S) groups is 1. The molecule has 0 N–H and O–H groups in total. The summed E-state index contributed by atoms with van der Waals surface area (Å²) in [5.41, 5.74) is 1.84. The molecule has 6 heteroatoms. The molecule has 2 heterocycles. The topological polar surface area (TPSA) is 50.3 Å². The summed E-state index contributed by atoms with van der Waals surface area (Å²) < 4.78 is 0. The van der Waals surface area contributed by atoms with Crippen molar-refractivity contribution < 1.29 is 9.59 Å². The molecule has 0 bridgehead atoms. The van der Waals surface area contributed by atoms with Crippen LogP contribution < -0.4 is 4.90 Å². The van der Waals surface area contributed by atoms with Crippen LogP contribution in [-0.2, 0) is 4.79 Å². The Morgan fingerprint density at radius 3 is 2.25 bits per heavy atom. The summed E-state index contributed by atoms with van der Waals surface area (Å²) >= 11 is 11.6. The van der Waals surface area contributed by atoms with Gasteiger partial charge in [0, 0.05) is 11.2 Å². The van der Waals surface area contributed by atoms with Crippen molar-refractivity contribution in [3.8, 4) is 0 Å². The fourth-order valence-electron chi connectivity index (χ4n) is 3.06. The van der Waals surface area contributed by atoms with Crippen LogP contribution in [0.3, 0.4) is 0 Å². The molecule has 0 atom stereocenters. The molecule has 0 radical (unpaired) electrons. The molecule has 0 fully saturated rings. The van der Waals surface area contributed by atoms with Crippen LogP contribution >= 0.6 is 23.8 Å². The van der Waals surface area contributed by atoms with Gasteiger partial charge in [-0.25, -0.2) is 0 Å². The number of pyridine rings is 1. The molecule has 4 rings (SSSR count). The molecule has 28 heavy (non-hydrogen) atoms. The van der Waals surface area contributed by atoms with E-state index in [-0.39, 0.29) is 33.5 Å². The van der Waals surface area contributed by atoms with Crippen molar-refractivity contribution >= 4 is 51.8 Å². The van der Waals surface area contributed by atoms with Crippen LogP contribution in [-0.4, -0.2) is 21.7 Å². The van der Waals surface area contributed by atoms with Gasteiger partial charge < -0.3 is 0 Å².